The van der Waals surface area contributed by atoms with Crippen LogP contribution in [0.25, 0.3) is 0 Å². The van der Waals surface area contributed by atoms with Gasteiger partial charge in [0.1, 0.15) is 5.25 Å². The maximum Gasteiger partial charge on any atom is 0.337 e. The largest absolute Gasteiger partial charge is 0.478 e. The van der Waals surface area contributed by atoms with Crippen LogP contribution in [0.15, 0.2) is 42.5 Å². The molecule has 1 aliphatic heterocycles. The summed E-state index contributed by atoms with van der Waals surface area (Å²) >= 11 is 0.809. The Morgan fingerprint density at radius 2 is 1.90 bits per heavy atom. The zero-order valence-corrected chi connectivity index (χ0v) is 16.8. The normalized spacial score (nSPS) is 16.2. The van der Waals surface area contributed by atoms with Crippen molar-refractivity contribution in [3.05, 3.63) is 59.2 Å². The van der Waals surface area contributed by atoms with Crippen LogP contribution < -0.4 is 10.2 Å². The second kappa shape index (κ2) is 8.48. The second-order valence-corrected chi connectivity index (χ2v) is 7.79. The predicted molar refractivity (Wildman–Crippen MR) is 111 cm³/mol. The summed E-state index contributed by atoms with van der Waals surface area (Å²) in [7, 11) is 0. The topological polar surface area (TPSA) is 104 Å². The minimum atomic E-state index is -1.16. The van der Waals surface area contributed by atoms with Gasteiger partial charge in [-0.2, -0.15) is 0 Å². The standard InChI is InChI=1S/C21H20N2O5S/c1-3-13-6-4-5-7-16(13)23-19(25)17(29-21(23)28)11-18(24)22-15-10-12(2)8-9-14(15)20(26)27/h4-10,17H,3,11H2,1-2H3,(H,22,24)(H,26,27). The Hall–Kier alpha value is -3.13. The number of anilines is 2. The quantitative estimate of drug-likeness (QED) is 0.747. The van der Waals surface area contributed by atoms with Crippen molar-refractivity contribution < 1.29 is 24.3 Å². The fourth-order valence-electron chi connectivity index (χ4n) is 3.15. The molecule has 3 rings (SSSR count). The summed E-state index contributed by atoms with van der Waals surface area (Å²) in [5.41, 5.74) is 2.31. The molecule has 0 spiro atoms. The first-order valence-corrected chi connectivity index (χ1v) is 9.96. The maximum atomic E-state index is 12.8. The van der Waals surface area contributed by atoms with E-state index in [0.717, 1.165) is 27.8 Å². The van der Waals surface area contributed by atoms with Gasteiger partial charge in [0.25, 0.3) is 5.24 Å². The molecule has 2 aromatic rings. The minimum Gasteiger partial charge on any atom is -0.478 e. The lowest BCUT2D eigenvalue weighted by atomic mass is 10.1. The Morgan fingerprint density at radius 3 is 2.59 bits per heavy atom. The molecule has 7 nitrogen and oxygen atoms in total. The molecule has 1 heterocycles. The van der Waals surface area contributed by atoms with Crippen molar-refractivity contribution in [3.8, 4) is 0 Å². The Labute approximate surface area is 172 Å². The summed E-state index contributed by atoms with van der Waals surface area (Å²) in [6.07, 6.45) is 0.432. The first kappa shape index (κ1) is 20.6. The number of para-hydroxylation sites is 1. The third-order valence-corrected chi connectivity index (χ3v) is 5.62. The number of hydrogen-bond donors (Lipinski definition) is 2. The Kier molecular flexibility index (Phi) is 6.03. The number of nitrogens with one attached hydrogen (secondary N) is 1. The molecule has 0 bridgehead atoms. The molecular formula is C21H20N2O5S. The third kappa shape index (κ3) is 4.32. The highest BCUT2D eigenvalue weighted by molar-refractivity contribution is 8.15. The van der Waals surface area contributed by atoms with E-state index in [2.05, 4.69) is 5.32 Å². The molecule has 150 valence electrons. The van der Waals surface area contributed by atoms with Crippen LogP contribution in [-0.2, 0) is 16.0 Å². The lowest BCUT2D eigenvalue weighted by molar-refractivity contribution is -0.121. The van der Waals surface area contributed by atoms with Gasteiger partial charge in [-0.25, -0.2) is 9.69 Å². The van der Waals surface area contributed by atoms with Crippen LogP contribution in [0.1, 0.15) is 34.8 Å². The molecule has 2 N–H and O–H groups in total. The number of rotatable bonds is 6. The summed E-state index contributed by atoms with van der Waals surface area (Å²) in [6, 6.07) is 11.8. The van der Waals surface area contributed by atoms with Gasteiger partial charge in [-0.3, -0.25) is 14.4 Å². The molecule has 8 heteroatoms. The Balaban J connectivity index is 1.76. The maximum absolute atomic E-state index is 12.8. The molecule has 1 saturated heterocycles. The van der Waals surface area contributed by atoms with Crippen LogP contribution in [0.3, 0.4) is 0 Å². The van der Waals surface area contributed by atoms with Gasteiger partial charge in [0, 0.05) is 6.42 Å². The van der Waals surface area contributed by atoms with Crippen LogP contribution in [0.4, 0.5) is 16.2 Å². The van der Waals surface area contributed by atoms with E-state index in [1.54, 1.807) is 31.2 Å². The monoisotopic (exact) mass is 412 g/mol. The molecule has 1 fully saturated rings. The molecular weight excluding hydrogens is 392 g/mol. The number of hydrogen-bond acceptors (Lipinski definition) is 5. The van der Waals surface area contributed by atoms with E-state index in [4.69, 9.17) is 0 Å². The molecule has 2 aromatic carbocycles. The van der Waals surface area contributed by atoms with Crippen molar-refractivity contribution in [1.82, 2.24) is 0 Å². The number of aryl methyl sites for hydroxylation is 2. The number of amides is 3. The highest BCUT2D eigenvalue weighted by atomic mass is 32.2. The molecule has 0 aromatic heterocycles. The van der Waals surface area contributed by atoms with Gasteiger partial charge in [-0.1, -0.05) is 31.2 Å². The molecule has 29 heavy (non-hydrogen) atoms. The van der Waals surface area contributed by atoms with Crippen molar-refractivity contribution in [2.45, 2.75) is 31.9 Å². The summed E-state index contributed by atoms with van der Waals surface area (Å²) in [4.78, 5) is 50.2. The van der Waals surface area contributed by atoms with E-state index in [9.17, 15) is 24.3 Å². The average Bonchev–Trinajstić information content (AvgIpc) is 2.94. The van der Waals surface area contributed by atoms with Gasteiger partial charge in [-0.15, -0.1) is 0 Å². The van der Waals surface area contributed by atoms with E-state index in [0.29, 0.717) is 12.1 Å². The summed E-state index contributed by atoms with van der Waals surface area (Å²) in [5, 5.41) is 10.6. The molecule has 1 unspecified atom stereocenters. The van der Waals surface area contributed by atoms with Crippen molar-refractivity contribution in [2.75, 3.05) is 10.2 Å². The molecule has 0 aliphatic carbocycles. The van der Waals surface area contributed by atoms with Gasteiger partial charge >= 0.3 is 5.97 Å². The average molecular weight is 412 g/mol. The van der Waals surface area contributed by atoms with Crippen molar-refractivity contribution in [3.63, 3.8) is 0 Å². The van der Waals surface area contributed by atoms with Crippen LogP contribution in [0, 0.1) is 6.92 Å². The highest BCUT2D eigenvalue weighted by Gasteiger charge is 2.42. The fraction of sp³-hybridized carbons (Fsp3) is 0.238. The summed E-state index contributed by atoms with van der Waals surface area (Å²) in [5.74, 6) is -2.13. The zero-order chi connectivity index (χ0) is 21.1. The van der Waals surface area contributed by atoms with E-state index in [-0.39, 0.29) is 17.7 Å². The number of benzene rings is 2. The molecule has 1 aliphatic rings. The van der Waals surface area contributed by atoms with E-state index in [1.807, 2.05) is 19.1 Å². The van der Waals surface area contributed by atoms with E-state index >= 15 is 0 Å². The van der Waals surface area contributed by atoms with Gasteiger partial charge in [0.2, 0.25) is 11.8 Å². The highest BCUT2D eigenvalue weighted by Crippen LogP contribution is 2.35. The number of imide groups is 1. The first-order chi connectivity index (χ1) is 13.8. The SMILES string of the molecule is CCc1ccccc1N1C(=O)SC(CC(=O)Nc2cc(C)ccc2C(=O)O)C1=O. The van der Waals surface area contributed by atoms with Crippen molar-refractivity contribution in [1.29, 1.82) is 0 Å². The molecule has 0 saturated carbocycles. The number of carboxylic acid groups (broad SMARTS) is 1. The fourth-order valence-corrected chi connectivity index (χ4v) is 4.13. The number of carboxylic acids is 1. The molecule has 3 amide bonds. The third-order valence-electron chi connectivity index (χ3n) is 4.59. The van der Waals surface area contributed by atoms with Crippen molar-refractivity contribution in [2.24, 2.45) is 0 Å². The van der Waals surface area contributed by atoms with Crippen LogP contribution in [-0.4, -0.2) is 33.4 Å². The Bertz CT molecular complexity index is 1000. The smallest absolute Gasteiger partial charge is 0.337 e. The number of carbonyl (C=O) groups excluding carboxylic acids is 3. The van der Waals surface area contributed by atoms with Gasteiger partial charge < -0.3 is 10.4 Å². The zero-order valence-electron chi connectivity index (χ0n) is 16.0. The van der Waals surface area contributed by atoms with Crippen LogP contribution in [0.2, 0.25) is 0 Å². The predicted octanol–water partition coefficient (Wildman–Crippen LogP) is 3.85. The molecule has 0 radical (unpaired) electrons. The summed E-state index contributed by atoms with van der Waals surface area (Å²) in [6.45, 7) is 3.71. The Morgan fingerprint density at radius 1 is 1.17 bits per heavy atom. The van der Waals surface area contributed by atoms with Crippen LogP contribution in [0.5, 0.6) is 0 Å². The summed E-state index contributed by atoms with van der Waals surface area (Å²) < 4.78 is 0. The lowest BCUT2D eigenvalue weighted by Crippen LogP contribution is -2.33. The van der Waals surface area contributed by atoms with Gasteiger partial charge in [0.15, 0.2) is 0 Å². The van der Waals surface area contributed by atoms with E-state index < -0.39 is 28.3 Å². The number of carbonyl (C=O) groups is 4. The number of nitrogens with zero attached hydrogens (tertiary/aromatic N) is 1. The number of thioether (sulfide) groups is 1. The van der Waals surface area contributed by atoms with E-state index in [1.165, 1.54) is 6.07 Å². The lowest BCUT2D eigenvalue weighted by Gasteiger charge is -2.17. The van der Waals surface area contributed by atoms with Crippen LogP contribution >= 0.6 is 11.8 Å². The van der Waals surface area contributed by atoms with Gasteiger partial charge in [-0.05, 0) is 54.4 Å². The minimum absolute atomic E-state index is 0.0380. The number of aromatic carboxylic acids is 1. The molecule has 1 atom stereocenters. The van der Waals surface area contributed by atoms with Gasteiger partial charge in [0.05, 0.1) is 16.9 Å². The first-order valence-electron chi connectivity index (χ1n) is 9.08. The van der Waals surface area contributed by atoms with Crippen molar-refractivity contribution >= 4 is 46.2 Å². The second-order valence-electron chi connectivity index (χ2n) is 6.63.